The minimum absolute atomic E-state index is 0.115. The van der Waals surface area contributed by atoms with Gasteiger partial charge in [0.2, 0.25) is 5.88 Å². The Morgan fingerprint density at radius 3 is 2.46 bits per heavy atom. The van der Waals surface area contributed by atoms with Crippen LogP contribution in [0.25, 0.3) is 0 Å². The van der Waals surface area contributed by atoms with Crippen LogP contribution in [0, 0.1) is 11.2 Å². The molecule has 1 N–H and O–H groups in total. The van der Waals surface area contributed by atoms with Crippen LogP contribution in [0.3, 0.4) is 0 Å². The zero-order valence-electron chi connectivity index (χ0n) is 16.1. The first kappa shape index (κ1) is 19.9. The van der Waals surface area contributed by atoms with E-state index in [2.05, 4.69) is 31.1 Å². The summed E-state index contributed by atoms with van der Waals surface area (Å²) >= 11 is 0. The molecule has 1 amide bonds. The van der Waals surface area contributed by atoms with Gasteiger partial charge >= 0.3 is 0 Å². The number of carbonyl (C=O) groups excluding carboxylic acids is 1. The SMILES string of the molecule is CC(C)(C)CC(C)(C)NC(=O)c1ccc(OCc2cccc(F)c2)nc1. The minimum Gasteiger partial charge on any atom is -0.473 e. The highest BCUT2D eigenvalue weighted by molar-refractivity contribution is 5.94. The van der Waals surface area contributed by atoms with E-state index in [1.165, 1.54) is 18.3 Å². The maximum Gasteiger partial charge on any atom is 0.253 e. The topological polar surface area (TPSA) is 51.2 Å². The largest absolute Gasteiger partial charge is 0.473 e. The molecule has 2 aromatic rings. The highest BCUT2D eigenvalue weighted by Gasteiger charge is 2.27. The molecule has 0 saturated carbocycles. The molecule has 0 radical (unpaired) electrons. The van der Waals surface area contributed by atoms with E-state index in [4.69, 9.17) is 4.74 Å². The normalized spacial score (nSPS) is 11.9. The number of nitrogens with zero attached hydrogens (tertiary/aromatic N) is 1. The van der Waals surface area contributed by atoms with Gasteiger partial charge in [0.1, 0.15) is 12.4 Å². The lowest BCUT2D eigenvalue weighted by Gasteiger charge is -2.33. The first-order valence-corrected chi connectivity index (χ1v) is 8.70. The van der Waals surface area contributed by atoms with Crippen LogP contribution < -0.4 is 10.1 Å². The molecule has 0 aliphatic rings. The van der Waals surface area contributed by atoms with Gasteiger partial charge in [0.05, 0.1) is 5.56 Å². The number of carbonyl (C=O) groups is 1. The minimum atomic E-state index is -0.318. The van der Waals surface area contributed by atoms with E-state index in [-0.39, 0.29) is 29.3 Å². The molecule has 26 heavy (non-hydrogen) atoms. The lowest BCUT2D eigenvalue weighted by atomic mass is 9.81. The molecule has 2 rings (SSSR count). The Labute approximate surface area is 154 Å². The Morgan fingerprint density at radius 2 is 1.88 bits per heavy atom. The summed E-state index contributed by atoms with van der Waals surface area (Å²) in [4.78, 5) is 16.6. The summed E-state index contributed by atoms with van der Waals surface area (Å²) < 4.78 is 18.7. The molecule has 0 aliphatic carbocycles. The second kappa shape index (κ2) is 7.85. The van der Waals surface area contributed by atoms with Gasteiger partial charge in [-0.25, -0.2) is 9.37 Å². The second-order valence-corrected chi connectivity index (χ2v) is 8.38. The number of pyridine rings is 1. The third kappa shape index (κ3) is 6.47. The molecule has 0 saturated heterocycles. The number of hydrogen-bond donors (Lipinski definition) is 1. The molecule has 0 unspecified atom stereocenters. The van der Waals surface area contributed by atoms with Crippen LogP contribution >= 0.6 is 0 Å². The van der Waals surface area contributed by atoms with Gasteiger partial charge in [-0.2, -0.15) is 0 Å². The molecular weight excluding hydrogens is 331 g/mol. The summed E-state index contributed by atoms with van der Waals surface area (Å²) in [6.07, 6.45) is 2.34. The number of ether oxygens (including phenoxy) is 1. The highest BCUT2D eigenvalue weighted by Crippen LogP contribution is 2.27. The Balaban J connectivity index is 1.94. The fourth-order valence-corrected chi connectivity index (χ4v) is 3.13. The van der Waals surface area contributed by atoms with E-state index >= 15 is 0 Å². The number of halogens is 1. The summed E-state index contributed by atoms with van der Waals surface area (Å²) in [5, 5.41) is 3.05. The monoisotopic (exact) mass is 358 g/mol. The van der Waals surface area contributed by atoms with Gasteiger partial charge < -0.3 is 10.1 Å². The zero-order chi connectivity index (χ0) is 19.4. The highest BCUT2D eigenvalue weighted by atomic mass is 19.1. The van der Waals surface area contributed by atoms with E-state index in [9.17, 15) is 9.18 Å². The van der Waals surface area contributed by atoms with Crippen LogP contribution in [-0.4, -0.2) is 16.4 Å². The third-order valence-corrected chi connectivity index (χ3v) is 3.70. The number of amides is 1. The molecule has 140 valence electrons. The van der Waals surface area contributed by atoms with Crippen molar-refractivity contribution in [2.75, 3.05) is 0 Å². The van der Waals surface area contributed by atoms with Crippen molar-refractivity contribution in [3.8, 4) is 5.88 Å². The van der Waals surface area contributed by atoms with Crippen molar-refractivity contribution in [1.29, 1.82) is 0 Å². The molecule has 0 atom stereocenters. The van der Waals surface area contributed by atoms with Gasteiger partial charge in [-0.3, -0.25) is 4.79 Å². The number of nitrogens with one attached hydrogen (secondary N) is 1. The summed E-state index contributed by atoms with van der Waals surface area (Å²) in [5.74, 6) is -0.0767. The van der Waals surface area contributed by atoms with Crippen molar-refractivity contribution in [2.24, 2.45) is 5.41 Å². The van der Waals surface area contributed by atoms with Crippen LogP contribution in [0.4, 0.5) is 4.39 Å². The fourth-order valence-electron chi connectivity index (χ4n) is 3.13. The standard InChI is InChI=1S/C21H27FN2O2/c1-20(2,3)14-21(4,5)24-19(25)16-9-10-18(23-12-16)26-13-15-7-6-8-17(22)11-15/h6-12H,13-14H2,1-5H3,(H,24,25). The lowest BCUT2D eigenvalue weighted by molar-refractivity contribution is 0.0891. The number of benzene rings is 1. The molecule has 0 aliphatic heterocycles. The van der Waals surface area contributed by atoms with Gasteiger partial charge in [-0.15, -0.1) is 0 Å². The summed E-state index contributed by atoms with van der Waals surface area (Å²) in [5.41, 5.74) is 0.994. The third-order valence-electron chi connectivity index (χ3n) is 3.70. The lowest BCUT2D eigenvalue weighted by Crippen LogP contribution is -2.45. The van der Waals surface area contributed by atoms with Crippen molar-refractivity contribution >= 4 is 5.91 Å². The maximum atomic E-state index is 13.2. The van der Waals surface area contributed by atoms with Crippen molar-refractivity contribution in [3.05, 3.63) is 59.5 Å². The predicted octanol–water partition coefficient (Wildman–Crippen LogP) is 4.74. The average molecular weight is 358 g/mol. The molecule has 5 heteroatoms. The van der Waals surface area contributed by atoms with Crippen LogP contribution in [-0.2, 0) is 6.61 Å². The van der Waals surface area contributed by atoms with Gasteiger partial charge in [-0.05, 0) is 49.4 Å². The fraction of sp³-hybridized carbons (Fsp3) is 0.429. The summed E-state index contributed by atoms with van der Waals surface area (Å²) in [6, 6.07) is 9.53. The second-order valence-electron chi connectivity index (χ2n) is 8.38. The van der Waals surface area contributed by atoms with Crippen molar-refractivity contribution in [3.63, 3.8) is 0 Å². The molecular formula is C21H27FN2O2. The molecule has 0 bridgehead atoms. The first-order chi connectivity index (χ1) is 12.0. The van der Waals surface area contributed by atoms with Gasteiger partial charge in [0.25, 0.3) is 5.91 Å². The van der Waals surface area contributed by atoms with Gasteiger partial charge in [0, 0.05) is 17.8 Å². The molecule has 1 aromatic carbocycles. The maximum absolute atomic E-state index is 13.2. The van der Waals surface area contributed by atoms with Gasteiger partial charge in [0.15, 0.2) is 0 Å². The van der Waals surface area contributed by atoms with E-state index in [0.717, 1.165) is 12.0 Å². The van der Waals surface area contributed by atoms with Crippen LogP contribution in [0.15, 0.2) is 42.6 Å². The quantitative estimate of drug-likeness (QED) is 0.811. The Hall–Kier alpha value is -2.43. The summed E-state index contributed by atoms with van der Waals surface area (Å²) in [6.45, 7) is 10.7. The number of hydrogen-bond acceptors (Lipinski definition) is 3. The Morgan fingerprint density at radius 1 is 1.15 bits per heavy atom. The molecule has 1 aromatic heterocycles. The molecule has 0 fully saturated rings. The average Bonchev–Trinajstić information content (AvgIpc) is 2.50. The van der Waals surface area contributed by atoms with E-state index < -0.39 is 0 Å². The summed E-state index contributed by atoms with van der Waals surface area (Å²) in [7, 11) is 0. The molecule has 1 heterocycles. The smallest absolute Gasteiger partial charge is 0.253 e. The van der Waals surface area contributed by atoms with Crippen molar-refractivity contribution < 1.29 is 13.9 Å². The van der Waals surface area contributed by atoms with E-state index in [1.54, 1.807) is 24.3 Å². The van der Waals surface area contributed by atoms with Crippen LogP contribution in [0.1, 0.15) is 57.0 Å². The van der Waals surface area contributed by atoms with Crippen LogP contribution in [0.2, 0.25) is 0 Å². The van der Waals surface area contributed by atoms with Crippen molar-refractivity contribution in [1.82, 2.24) is 10.3 Å². The predicted molar refractivity (Wildman–Crippen MR) is 101 cm³/mol. The number of rotatable bonds is 6. The molecule has 0 spiro atoms. The Kier molecular flexibility index (Phi) is 6.01. The van der Waals surface area contributed by atoms with Crippen molar-refractivity contribution in [2.45, 2.75) is 53.2 Å². The van der Waals surface area contributed by atoms with Crippen LogP contribution in [0.5, 0.6) is 5.88 Å². The molecule has 4 nitrogen and oxygen atoms in total. The number of aromatic nitrogens is 1. The first-order valence-electron chi connectivity index (χ1n) is 8.70. The van der Waals surface area contributed by atoms with E-state index in [0.29, 0.717) is 11.4 Å². The Bertz CT molecular complexity index is 749. The zero-order valence-corrected chi connectivity index (χ0v) is 16.1. The van der Waals surface area contributed by atoms with E-state index in [1.807, 2.05) is 13.8 Å². The van der Waals surface area contributed by atoms with Gasteiger partial charge in [-0.1, -0.05) is 32.9 Å².